The Morgan fingerprint density at radius 2 is 1.77 bits per heavy atom. The number of rotatable bonds is 5. The van der Waals surface area contributed by atoms with E-state index in [1.165, 1.54) is 5.56 Å². The normalized spacial score (nSPS) is 18.7. The fourth-order valence-corrected chi connectivity index (χ4v) is 4.05. The third-order valence-electron chi connectivity index (χ3n) is 5.34. The molecule has 0 saturated carbocycles. The molecule has 2 atom stereocenters. The lowest BCUT2D eigenvalue weighted by Crippen LogP contribution is -2.17. The summed E-state index contributed by atoms with van der Waals surface area (Å²) in [4.78, 5) is 7.98. The molecule has 4 aromatic rings. The second-order valence-electron chi connectivity index (χ2n) is 7.44. The Labute approximate surface area is 179 Å². The zero-order valence-corrected chi connectivity index (χ0v) is 17.0. The number of ether oxygens (including phenoxy) is 2. The summed E-state index contributed by atoms with van der Waals surface area (Å²) < 4.78 is 11.4. The van der Waals surface area contributed by atoms with E-state index in [2.05, 4.69) is 29.2 Å². The number of aromatic amines is 1. The summed E-state index contributed by atoms with van der Waals surface area (Å²) in [5.41, 5.74) is 5.62. The monoisotopic (exact) mass is 420 g/mol. The number of halogens is 1. The van der Waals surface area contributed by atoms with Crippen molar-refractivity contribution in [3.05, 3.63) is 71.8 Å². The molecule has 2 aromatic heterocycles. The van der Waals surface area contributed by atoms with Crippen LogP contribution in [0.5, 0.6) is 5.88 Å². The van der Waals surface area contributed by atoms with E-state index in [0.717, 1.165) is 27.9 Å². The predicted molar refractivity (Wildman–Crippen MR) is 118 cm³/mol. The van der Waals surface area contributed by atoms with Gasteiger partial charge in [-0.05, 0) is 17.2 Å². The molecule has 1 unspecified atom stereocenters. The van der Waals surface area contributed by atoms with E-state index in [0.29, 0.717) is 23.9 Å². The van der Waals surface area contributed by atoms with Crippen LogP contribution < -0.4 is 4.74 Å². The van der Waals surface area contributed by atoms with Crippen LogP contribution in [0.25, 0.3) is 33.4 Å². The van der Waals surface area contributed by atoms with Gasteiger partial charge < -0.3 is 19.6 Å². The Morgan fingerprint density at radius 3 is 2.50 bits per heavy atom. The molecule has 0 spiro atoms. The van der Waals surface area contributed by atoms with Crippen LogP contribution in [0.4, 0.5) is 0 Å². The second-order valence-corrected chi connectivity index (χ2v) is 7.85. The molecule has 152 valence electrons. The lowest BCUT2D eigenvalue weighted by atomic mass is 10.0. The number of nitrogens with zero attached hydrogens (tertiary/aromatic N) is 1. The topological polar surface area (TPSA) is 67.4 Å². The molecule has 5 nitrogen and oxygen atoms in total. The SMILES string of the molecule is OCC1C[C@H](Oc2cc3nc(-c4ccc(-c5ccccc5)cc4)c(Cl)cc3[nH]2)CO1. The molecule has 0 aliphatic carbocycles. The van der Waals surface area contributed by atoms with Crippen molar-refractivity contribution in [1.82, 2.24) is 9.97 Å². The summed E-state index contributed by atoms with van der Waals surface area (Å²) in [5.74, 6) is 0.623. The summed E-state index contributed by atoms with van der Waals surface area (Å²) >= 11 is 6.54. The number of pyridine rings is 1. The minimum Gasteiger partial charge on any atom is -0.473 e. The summed E-state index contributed by atoms with van der Waals surface area (Å²) in [5, 5.41) is 9.78. The van der Waals surface area contributed by atoms with Gasteiger partial charge in [-0.3, -0.25) is 0 Å². The van der Waals surface area contributed by atoms with Crippen molar-refractivity contribution in [2.75, 3.05) is 13.2 Å². The van der Waals surface area contributed by atoms with E-state index in [1.807, 2.05) is 42.5 Å². The first kappa shape index (κ1) is 19.1. The molecule has 5 rings (SSSR count). The largest absolute Gasteiger partial charge is 0.473 e. The van der Waals surface area contributed by atoms with Gasteiger partial charge in [-0.25, -0.2) is 4.98 Å². The third kappa shape index (κ3) is 3.79. The van der Waals surface area contributed by atoms with E-state index in [9.17, 15) is 5.11 Å². The highest BCUT2D eigenvalue weighted by Crippen LogP contribution is 2.32. The van der Waals surface area contributed by atoms with Crippen LogP contribution in [0, 0.1) is 0 Å². The number of hydrogen-bond acceptors (Lipinski definition) is 4. The number of aliphatic hydroxyl groups excluding tert-OH is 1. The molecule has 2 N–H and O–H groups in total. The molecule has 1 saturated heterocycles. The quantitative estimate of drug-likeness (QED) is 0.472. The summed E-state index contributed by atoms with van der Waals surface area (Å²) in [6, 6.07) is 22.2. The highest BCUT2D eigenvalue weighted by Gasteiger charge is 2.27. The standard InChI is InChI=1S/C24H21ClN2O3/c25-20-11-21-22(12-23(26-21)30-19-10-18(13-28)29-14-19)27-24(20)17-8-6-16(7-9-17)15-4-2-1-3-5-15/h1-9,11-12,18-19,26,28H,10,13-14H2/t18?,19-/m0/s1. The smallest absolute Gasteiger partial charge is 0.193 e. The van der Waals surface area contributed by atoms with Crippen molar-refractivity contribution < 1.29 is 14.6 Å². The number of aliphatic hydroxyl groups is 1. The van der Waals surface area contributed by atoms with E-state index in [1.54, 1.807) is 0 Å². The number of H-pyrrole nitrogens is 1. The lowest BCUT2D eigenvalue weighted by Gasteiger charge is -2.09. The van der Waals surface area contributed by atoms with Crippen LogP contribution >= 0.6 is 11.6 Å². The molecule has 0 radical (unpaired) electrons. The molecule has 3 heterocycles. The van der Waals surface area contributed by atoms with Gasteiger partial charge >= 0.3 is 0 Å². The first-order valence-electron chi connectivity index (χ1n) is 9.94. The van der Waals surface area contributed by atoms with E-state index in [4.69, 9.17) is 26.1 Å². The highest BCUT2D eigenvalue weighted by molar-refractivity contribution is 6.33. The minimum atomic E-state index is -0.155. The fourth-order valence-electron chi connectivity index (χ4n) is 3.78. The molecule has 1 aliphatic heterocycles. The van der Waals surface area contributed by atoms with Gasteiger partial charge in [0, 0.05) is 18.1 Å². The Balaban J connectivity index is 1.40. The molecule has 1 aliphatic rings. The van der Waals surface area contributed by atoms with Crippen LogP contribution in [0.2, 0.25) is 5.02 Å². The van der Waals surface area contributed by atoms with Gasteiger partial charge in [-0.2, -0.15) is 0 Å². The maximum Gasteiger partial charge on any atom is 0.193 e. The Bertz CT molecular complexity index is 1160. The van der Waals surface area contributed by atoms with Gasteiger partial charge in [-0.1, -0.05) is 66.2 Å². The van der Waals surface area contributed by atoms with Crippen molar-refractivity contribution >= 4 is 22.6 Å². The van der Waals surface area contributed by atoms with E-state index in [-0.39, 0.29) is 18.8 Å². The van der Waals surface area contributed by atoms with Crippen molar-refractivity contribution in [3.8, 4) is 28.3 Å². The Hall–Kier alpha value is -2.86. The molecule has 1 fully saturated rings. The van der Waals surface area contributed by atoms with Gasteiger partial charge in [0.25, 0.3) is 0 Å². The number of aromatic nitrogens is 2. The average Bonchev–Trinajstić information content (AvgIpc) is 3.40. The second kappa shape index (κ2) is 8.11. The molecule has 30 heavy (non-hydrogen) atoms. The maximum atomic E-state index is 9.20. The van der Waals surface area contributed by atoms with Crippen LogP contribution in [-0.2, 0) is 4.74 Å². The van der Waals surface area contributed by atoms with Crippen molar-refractivity contribution in [3.63, 3.8) is 0 Å². The summed E-state index contributed by atoms with van der Waals surface area (Å²) in [6.07, 6.45) is 0.423. The molecular formula is C24H21ClN2O3. The van der Waals surface area contributed by atoms with E-state index >= 15 is 0 Å². The minimum absolute atomic E-state index is 0.0101. The van der Waals surface area contributed by atoms with Crippen LogP contribution in [0.15, 0.2) is 66.7 Å². The first-order chi connectivity index (χ1) is 14.7. The number of hydrogen-bond donors (Lipinski definition) is 2. The van der Waals surface area contributed by atoms with Gasteiger partial charge in [0.2, 0.25) is 0 Å². The zero-order valence-electron chi connectivity index (χ0n) is 16.2. The number of benzene rings is 2. The van der Waals surface area contributed by atoms with Gasteiger partial charge in [0.15, 0.2) is 5.88 Å². The van der Waals surface area contributed by atoms with Crippen molar-refractivity contribution in [1.29, 1.82) is 0 Å². The third-order valence-corrected chi connectivity index (χ3v) is 5.63. The van der Waals surface area contributed by atoms with Gasteiger partial charge in [0.1, 0.15) is 6.10 Å². The van der Waals surface area contributed by atoms with Crippen LogP contribution in [0.1, 0.15) is 6.42 Å². The molecule has 0 bridgehead atoms. The lowest BCUT2D eigenvalue weighted by molar-refractivity contribution is 0.0531. The molecule has 2 aromatic carbocycles. The van der Waals surface area contributed by atoms with Crippen molar-refractivity contribution in [2.45, 2.75) is 18.6 Å². The molecular weight excluding hydrogens is 400 g/mol. The number of nitrogens with one attached hydrogen (secondary N) is 1. The van der Waals surface area contributed by atoms with Crippen molar-refractivity contribution in [2.24, 2.45) is 0 Å². The van der Waals surface area contributed by atoms with Crippen LogP contribution in [0.3, 0.4) is 0 Å². The molecule has 6 heteroatoms. The van der Waals surface area contributed by atoms with E-state index < -0.39 is 0 Å². The summed E-state index contributed by atoms with van der Waals surface area (Å²) in [7, 11) is 0. The summed E-state index contributed by atoms with van der Waals surface area (Å²) in [6.45, 7) is 0.476. The Morgan fingerprint density at radius 1 is 1.03 bits per heavy atom. The number of fused-ring (bicyclic) bond motifs is 1. The average molecular weight is 421 g/mol. The predicted octanol–water partition coefficient (Wildman–Crippen LogP) is 5.08. The maximum absolute atomic E-state index is 9.20. The first-order valence-corrected chi connectivity index (χ1v) is 10.3. The van der Waals surface area contributed by atoms with Gasteiger partial charge in [0.05, 0.1) is 41.1 Å². The zero-order chi connectivity index (χ0) is 20.5. The van der Waals surface area contributed by atoms with Gasteiger partial charge in [-0.15, -0.1) is 0 Å². The van der Waals surface area contributed by atoms with Crippen LogP contribution in [-0.4, -0.2) is 40.5 Å². The Kier molecular flexibility index (Phi) is 5.17. The fraction of sp³-hybridized carbons (Fsp3) is 0.208. The highest BCUT2D eigenvalue weighted by atomic mass is 35.5. The molecule has 0 amide bonds.